The van der Waals surface area contributed by atoms with Gasteiger partial charge in [-0.25, -0.2) is 0 Å². The predicted molar refractivity (Wildman–Crippen MR) is 48.2 cm³/mol. The van der Waals surface area contributed by atoms with Crippen LogP contribution < -0.4 is 5.73 Å². The van der Waals surface area contributed by atoms with Crippen molar-refractivity contribution >= 4 is 0 Å². The van der Waals surface area contributed by atoms with E-state index in [0.717, 1.165) is 11.3 Å². The molecule has 0 bridgehead atoms. The van der Waals surface area contributed by atoms with Crippen molar-refractivity contribution in [1.29, 1.82) is 0 Å². The molecule has 1 rings (SSSR count). The average Bonchev–Trinajstić information content (AvgIpc) is 2.08. The zero-order valence-corrected chi connectivity index (χ0v) is 7.46. The van der Waals surface area contributed by atoms with E-state index in [0.29, 0.717) is 6.54 Å². The monoisotopic (exact) mass is 152 g/mol. The highest BCUT2D eigenvalue weighted by Crippen LogP contribution is 1.97. The Kier molecular flexibility index (Phi) is 5.39. The summed E-state index contributed by atoms with van der Waals surface area (Å²) in [5, 5.41) is 0. The van der Waals surface area contributed by atoms with E-state index in [1.54, 1.807) is 6.20 Å². The summed E-state index contributed by atoms with van der Waals surface area (Å²) in [5.74, 6) is 0. The van der Waals surface area contributed by atoms with Crippen molar-refractivity contribution in [2.24, 2.45) is 5.73 Å². The maximum Gasteiger partial charge on any atom is 0.0375 e. The van der Waals surface area contributed by atoms with Gasteiger partial charge in [0.05, 0.1) is 0 Å². The molecule has 2 nitrogen and oxygen atoms in total. The summed E-state index contributed by atoms with van der Waals surface area (Å²) in [6, 6.07) is 3.91. The summed E-state index contributed by atoms with van der Waals surface area (Å²) in [5.41, 5.74) is 7.56. The zero-order valence-electron chi connectivity index (χ0n) is 7.46. The SMILES string of the molecule is CC.Cc1cc(CN)ccn1. The number of aryl methyl sites for hydroxylation is 1. The molecular weight excluding hydrogens is 136 g/mol. The average molecular weight is 152 g/mol. The Morgan fingerprint density at radius 2 is 2.09 bits per heavy atom. The standard InChI is InChI=1S/C7H10N2.C2H6/c1-6-4-7(5-8)2-3-9-6;1-2/h2-4H,5,8H2,1H3;1-2H3. The van der Waals surface area contributed by atoms with Crippen molar-refractivity contribution in [3.63, 3.8) is 0 Å². The van der Waals surface area contributed by atoms with E-state index in [4.69, 9.17) is 5.73 Å². The second kappa shape index (κ2) is 5.86. The molecule has 1 aromatic rings. The smallest absolute Gasteiger partial charge is 0.0375 e. The van der Waals surface area contributed by atoms with E-state index >= 15 is 0 Å². The van der Waals surface area contributed by atoms with Gasteiger partial charge in [0.2, 0.25) is 0 Å². The molecule has 0 fully saturated rings. The third-order valence-electron chi connectivity index (χ3n) is 1.20. The van der Waals surface area contributed by atoms with E-state index in [2.05, 4.69) is 4.98 Å². The van der Waals surface area contributed by atoms with Gasteiger partial charge in [-0.15, -0.1) is 0 Å². The molecule has 2 N–H and O–H groups in total. The van der Waals surface area contributed by atoms with Crippen LogP contribution in [0.25, 0.3) is 0 Å². The minimum absolute atomic E-state index is 0.601. The maximum absolute atomic E-state index is 5.39. The van der Waals surface area contributed by atoms with Crippen LogP contribution in [0.1, 0.15) is 25.1 Å². The number of pyridine rings is 1. The van der Waals surface area contributed by atoms with Crippen LogP contribution in [0.15, 0.2) is 18.3 Å². The largest absolute Gasteiger partial charge is 0.326 e. The van der Waals surface area contributed by atoms with Crippen LogP contribution in [0.4, 0.5) is 0 Å². The minimum atomic E-state index is 0.601. The number of nitrogens with two attached hydrogens (primary N) is 1. The molecule has 0 unspecified atom stereocenters. The highest BCUT2D eigenvalue weighted by atomic mass is 14.7. The van der Waals surface area contributed by atoms with E-state index in [-0.39, 0.29) is 0 Å². The minimum Gasteiger partial charge on any atom is -0.326 e. The Hall–Kier alpha value is -0.890. The molecule has 0 saturated carbocycles. The summed E-state index contributed by atoms with van der Waals surface area (Å²) >= 11 is 0. The summed E-state index contributed by atoms with van der Waals surface area (Å²) in [6.07, 6.45) is 1.78. The summed E-state index contributed by atoms with van der Waals surface area (Å²) in [6.45, 7) is 6.56. The lowest BCUT2D eigenvalue weighted by atomic mass is 10.2. The molecular formula is C9H16N2. The van der Waals surface area contributed by atoms with Gasteiger partial charge >= 0.3 is 0 Å². The van der Waals surface area contributed by atoms with Crippen LogP contribution in [-0.2, 0) is 6.54 Å². The lowest BCUT2D eigenvalue weighted by molar-refractivity contribution is 1.04. The molecule has 0 saturated heterocycles. The fourth-order valence-electron chi connectivity index (χ4n) is 0.731. The van der Waals surface area contributed by atoms with Crippen molar-refractivity contribution in [3.05, 3.63) is 29.6 Å². The fraction of sp³-hybridized carbons (Fsp3) is 0.444. The Labute approximate surface area is 68.5 Å². The first-order chi connectivity index (χ1) is 5.33. The maximum atomic E-state index is 5.39. The van der Waals surface area contributed by atoms with Gasteiger partial charge in [-0.05, 0) is 24.6 Å². The summed E-state index contributed by atoms with van der Waals surface area (Å²) in [4.78, 5) is 4.03. The zero-order chi connectivity index (χ0) is 8.69. The second-order valence-electron chi connectivity index (χ2n) is 2.01. The Morgan fingerprint density at radius 1 is 1.45 bits per heavy atom. The molecule has 62 valence electrons. The van der Waals surface area contributed by atoms with Crippen LogP contribution in [0.3, 0.4) is 0 Å². The van der Waals surface area contributed by atoms with Crippen LogP contribution in [-0.4, -0.2) is 4.98 Å². The predicted octanol–water partition coefficient (Wildman–Crippen LogP) is 1.87. The van der Waals surface area contributed by atoms with Crippen molar-refractivity contribution in [2.45, 2.75) is 27.3 Å². The normalized spacial score (nSPS) is 8.36. The molecule has 0 atom stereocenters. The lowest BCUT2D eigenvalue weighted by Gasteiger charge is -1.94. The first-order valence-corrected chi connectivity index (χ1v) is 3.94. The van der Waals surface area contributed by atoms with E-state index in [1.807, 2.05) is 32.9 Å². The van der Waals surface area contributed by atoms with Crippen molar-refractivity contribution in [2.75, 3.05) is 0 Å². The molecule has 0 aliphatic rings. The molecule has 1 heterocycles. The first kappa shape index (κ1) is 10.1. The van der Waals surface area contributed by atoms with Gasteiger partial charge in [0.1, 0.15) is 0 Å². The fourth-order valence-corrected chi connectivity index (χ4v) is 0.731. The topological polar surface area (TPSA) is 38.9 Å². The van der Waals surface area contributed by atoms with Gasteiger partial charge in [-0.3, -0.25) is 4.98 Å². The number of hydrogen-bond acceptors (Lipinski definition) is 2. The van der Waals surface area contributed by atoms with Gasteiger partial charge < -0.3 is 5.73 Å². The Bertz CT molecular complexity index is 197. The molecule has 0 radical (unpaired) electrons. The van der Waals surface area contributed by atoms with Crippen molar-refractivity contribution < 1.29 is 0 Å². The number of nitrogens with zero attached hydrogens (tertiary/aromatic N) is 1. The second-order valence-corrected chi connectivity index (χ2v) is 2.01. The molecule has 2 heteroatoms. The van der Waals surface area contributed by atoms with E-state index < -0.39 is 0 Å². The Balaban J connectivity index is 0.000000461. The van der Waals surface area contributed by atoms with Gasteiger partial charge in [0.25, 0.3) is 0 Å². The highest BCUT2D eigenvalue weighted by Gasteiger charge is 1.87. The summed E-state index contributed by atoms with van der Waals surface area (Å²) in [7, 11) is 0. The van der Waals surface area contributed by atoms with Crippen LogP contribution in [0.5, 0.6) is 0 Å². The molecule has 0 spiro atoms. The van der Waals surface area contributed by atoms with Crippen LogP contribution in [0, 0.1) is 6.92 Å². The molecule has 0 amide bonds. The third-order valence-corrected chi connectivity index (χ3v) is 1.20. The quantitative estimate of drug-likeness (QED) is 0.667. The van der Waals surface area contributed by atoms with Gasteiger partial charge in [0, 0.05) is 18.4 Å². The van der Waals surface area contributed by atoms with Gasteiger partial charge in [-0.2, -0.15) is 0 Å². The number of aromatic nitrogens is 1. The van der Waals surface area contributed by atoms with Crippen molar-refractivity contribution in [1.82, 2.24) is 4.98 Å². The highest BCUT2D eigenvalue weighted by molar-refractivity contribution is 5.14. The van der Waals surface area contributed by atoms with Crippen molar-refractivity contribution in [3.8, 4) is 0 Å². The molecule has 0 aliphatic carbocycles. The van der Waals surface area contributed by atoms with Gasteiger partial charge in [0.15, 0.2) is 0 Å². The van der Waals surface area contributed by atoms with E-state index in [9.17, 15) is 0 Å². The molecule has 0 aliphatic heterocycles. The number of hydrogen-bond donors (Lipinski definition) is 1. The van der Waals surface area contributed by atoms with Crippen LogP contribution >= 0.6 is 0 Å². The summed E-state index contributed by atoms with van der Waals surface area (Å²) < 4.78 is 0. The molecule has 11 heavy (non-hydrogen) atoms. The Morgan fingerprint density at radius 3 is 2.45 bits per heavy atom. The molecule has 0 aromatic carbocycles. The van der Waals surface area contributed by atoms with Crippen LogP contribution in [0.2, 0.25) is 0 Å². The first-order valence-electron chi connectivity index (χ1n) is 3.94. The third kappa shape index (κ3) is 3.73. The number of rotatable bonds is 1. The molecule has 1 aromatic heterocycles. The van der Waals surface area contributed by atoms with Gasteiger partial charge in [-0.1, -0.05) is 13.8 Å². The lowest BCUT2D eigenvalue weighted by Crippen LogP contribution is -1.96. The van der Waals surface area contributed by atoms with E-state index in [1.165, 1.54) is 0 Å².